The van der Waals surface area contributed by atoms with Gasteiger partial charge in [0.05, 0.1) is 25.5 Å². The second-order valence-corrected chi connectivity index (χ2v) is 11.0. The Labute approximate surface area is 241 Å². The molecule has 7 heteroatoms. The van der Waals surface area contributed by atoms with E-state index in [-0.39, 0.29) is 24.3 Å². The number of ether oxygens (including phenoxy) is 2. The van der Waals surface area contributed by atoms with Gasteiger partial charge < -0.3 is 24.3 Å². The van der Waals surface area contributed by atoms with E-state index in [9.17, 15) is 9.59 Å². The number of carbonyl (C=O) groups excluding carboxylic acids is 2. The molecule has 3 aromatic carbocycles. The molecule has 7 nitrogen and oxygen atoms in total. The van der Waals surface area contributed by atoms with Gasteiger partial charge in [0, 0.05) is 29.9 Å². The first-order valence-corrected chi connectivity index (χ1v) is 14.6. The number of fused-ring (bicyclic) bond motifs is 5. The molecule has 1 aromatic heterocycles. The third-order valence-corrected chi connectivity index (χ3v) is 8.46. The van der Waals surface area contributed by atoms with Crippen molar-refractivity contribution in [2.75, 3.05) is 32.8 Å². The average Bonchev–Trinajstić information content (AvgIpc) is 3.39. The summed E-state index contributed by atoms with van der Waals surface area (Å²) in [5.74, 6) is 1.19. The summed E-state index contributed by atoms with van der Waals surface area (Å²) in [5, 5.41) is 1.07. The van der Waals surface area contributed by atoms with E-state index in [1.54, 1.807) is 9.80 Å². The van der Waals surface area contributed by atoms with Crippen molar-refractivity contribution < 1.29 is 19.1 Å². The lowest BCUT2D eigenvalue weighted by Crippen LogP contribution is -2.67. The van der Waals surface area contributed by atoms with Crippen molar-refractivity contribution in [1.29, 1.82) is 0 Å². The lowest BCUT2D eigenvalue weighted by molar-refractivity contribution is -0.166. The topological polar surface area (TPSA) is 74.9 Å². The molecule has 212 valence electrons. The normalized spacial score (nSPS) is 20.2. The fourth-order valence-corrected chi connectivity index (χ4v) is 6.41. The molecule has 2 amide bonds. The van der Waals surface area contributed by atoms with Crippen LogP contribution in [0.15, 0.2) is 72.8 Å². The van der Waals surface area contributed by atoms with Gasteiger partial charge in [0.2, 0.25) is 5.91 Å². The van der Waals surface area contributed by atoms with Crippen LogP contribution < -0.4 is 9.47 Å². The summed E-state index contributed by atoms with van der Waals surface area (Å²) in [5.41, 5.74) is 3.87. The van der Waals surface area contributed by atoms with Gasteiger partial charge in [-0.1, -0.05) is 61.5 Å². The maximum atomic E-state index is 14.3. The van der Waals surface area contributed by atoms with Gasteiger partial charge in [0.25, 0.3) is 5.91 Å². The number of hydrogen-bond donors (Lipinski definition) is 1. The zero-order chi connectivity index (χ0) is 28.6. The molecular formula is C34H37N3O4. The number of piperazine rings is 1. The van der Waals surface area contributed by atoms with Crippen molar-refractivity contribution in [2.45, 2.75) is 45.1 Å². The van der Waals surface area contributed by atoms with Crippen LogP contribution in [-0.2, 0) is 21.5 Å². The minimum atomic E-state index is -1.12. The van der Waals surface area contributed by atoms with Gasteiger partial charge in [-0.05, 0) is 61.6 Å². The Morgan fingerprint density at radius 3 is 2.51 bits per heavy atom. The van der Waals surface area contributed by atoms with Gasteiger partial charge in [-0.15, -0.1) is 0 Å². The van der Waals surface area contributed by atoms with Gasteiger partial charge in [0.15, 0.2) is 17.0 Å². The van der Waals surface area contributed by atoms with Gasteiger partial charge in [-0.25, -0.2) is 0 Å². The molecule has 0 aliphatic carbocycles. The Bertz CT molecular complexity index is 1580. The van der Waals surface area contributed by atoms with Gasteiger partial charge in [0.1, 0.15) is 0 Å². The first kappa shape index (κ1) is 26.9. The fourth-order valence-electron chi connectivity index (χ4n) is 6.41. The van der Waals surface area contributed by atoms with Crippen LogP contribution in [0.4, 0.5) is 0 Å². The number of para-hydroxylation sites is 1. The van der Waals surface area contributed by atoms with Crippen molar-refractivity contribution in [3.05, 3.63) is 95.2 Å². The molecule has 3 heterocycles. The van der Waals surface area contributed by atoms with E-state index in [0.29, 0.717) is 38.5 Å². The van der Waals surface area contributed by atoms with E-state index < -0.39 is 5.54 Å². The summed E-state index contributed by atoms with van der Waals surface area (Å²) in [6, 6.07) is 24.3. The van der Waals surface area contributed by atoms with Crippen molar-refractivity contribution in [3.63, 3.8) is 0 Å². The number of aromatic amines is 1. The molecule has 0 saturated carbocycles. The Kier molecular flexibility index (Phi) is 7.20. The van der Waals surface area contributed by atoms with E-state index in [2.05, 4.69) is 36.2 Å². The number of carbonyl (C=O) groups is 2. The predicted octanol–water partition coefficient (Wildman–Crippen LogP) is 5.63. The molecule has 41 heavy (non-hydrogen) atoms. The summed E-state index contributed by atoms with van der Waals surface area (Å²) in [6.45, 7) is 8.05. The molecule has 6 rings (SSSR count). The molecule has 0 unspecified atom stereocenters. The minimum absolute atomic E-state index is 0.0394. The smallest absolute Gasteiger partial charge is 0.254 e. The molecule has 1 N–H and O–H groups in total. The number of amides is 2. The van der Waals surface area contributed by atoms with Crippen LogP contribution in [0.25, 0.3) is 10.9 Å². The summed E-state index contributed by atoms with van der Waals surface area (Å²) in [4.78, 5) is 35.2. The molecule has 4 aromatic rings. The van der Waals surface area contributed by atoms with Gasteiger partial charge in [-0.3, -0.25) is 9.59 Å². The Morgan fingerprint density at radius 1 is 0.951 bits per heavy atom. The predicted molar refractivity (Wildman–Crippen MR) is 159 cm³/mol. The van der Waals surface area contributed by atoms with E-state index in [4.69, 9.17) is 9.47 Å². The van der Waals surface area contributed by atoms with Crippen molar-refractivity contribution in [1.82, 2.24) is 14.8 Å². The van der Waals surface area contributed by atoms with E-state index in [1.165, 1.54) is 0 Å². The number of nitrogens with one attached hydrogen (secondary N) is 1. The van der Waals surface area contributed by atoms with Crippen LogP contribution in [0, 0.1) is 0 Å². The first-order valence-electron chi connectivity index (χ1n) is 14.6. The third kappa shape index (κ3) is 4.63. The highest BCUT2D eigenvalue weighted by Gasteiger charge is 2.56. The average molecular weight is 552 g/mol. The number of aromatic nitrogens is 1. The van der Waals surface area contributed by atoms with Gasteiger partial charge in [-0.2, -0.15) is 0 Å². The lowest BCUT2D eigenvalue weighted by Gasteiger charge is -2.51. The number of H-pyrrole nitrogens is 1. The highest BCUT2D eigenvalue weighted by atomic mass is 16.5. The van der Waals surface area contributed by atoms with Crippen LogP contribution in [0.5, 0.6) is 11.5 Å². The number of rotatable bonds is 9. The minimum Gasteiger partial charge on any atom is -0.490 e. The lowest BCUT2D eigenvalue weighted by atomic mass is 9.76. The second kappa shape index (κ2) is 11.0. The van der Waals surface area contributed by atoms with Crippen LogP contribution in [0.2, 0.25) is 0 Å². The third-order valence-electron chi connectivity index (χ3n) is 8.46. The van der Waals surface area contributed by atoms with Crippen molar-refractivity contribution in [2.24, 2.45) is 0 Å². The summed E-state index contributed by atoms with van der Waals surface area (Å²) in [7, 11) is 0. The molecule has 0 bridgehead atoms. The Morgan fingerprint density at radius 2 is 1.73 bits per heavy atom. The highest BCUT2D eigenvalue weighted by Crippen LogP contribution is 2.49. The Balaban J connectivity index is 1.43. The molecule has 2 aliphatic rings. The number of hydrogen-bond acceptors (Lipinski definition) is 4. The molecule has 2 atom stereocenters. The van der Waals surface area contributed by atoms with Crippen LogP contribution in [-0.4, -0.2) is 59.4 Å². The van der Waals surface area contributed by atoms with E-state index in [0.717, 1.165) is 45.5 Å². The monoisotopic (exact) mass is 551 g/mol. The van der Waals surface area contributed by atoms with E-state index >= 15 is 0 Å². The molecule has 0 spiro atoms. The van der Waals surface area contributed by atoms with Crippen LogP contribution in [0.3, 0.4) is 0 Å². The fraction of sp³-hybridized carbons (Fsp3) is 0.353. The largest absolute Gasteiger partial charge is 0.490 e. The van der Waals surface area contributed by atoms with Crippen molar-refractivity contribution >= 4 is 22.7 Å². The SMILES string of the molecule is CCCOc1ccc([C@H]2CN3C(=O)CN(CCc4ccccc4)C(=O)[C@]3(C)c3[nH]c4ccccc4c32)cc1OCC. The Hall–Kier alpha value is -4.26. The van der Waals surface area contributed by atoms with Gasteiger partial charge >= 0.3 is 0 Å². The summed E-state index contributed by atoms with van der Waals surface area (Å²) < 4.78 is 12.0. The van der Waals surface area contributed by atoms with Crippen LogP contribution in [0.1, 0.15) is 55.5 Å². The first-order chi connectivity index (χ1) is 20.0. The second-order valence-electron chi connectivity index (χ2n) is 11.0. The number of benzene rings is 3. The zero-order valence-electron chi connectivity index (χ0n) is 24.0. The van der Waals surface area contributed by atoms with E-state index in [1.807, 2.05) is 62.4 Å². The zero-order valence-corrected chi connectivity index (χ0v) is 24.0. The molecule has 1 fully saturated rings. The quantitative estimate of drug-likeness (QED) is 0.293. The molecular weight excluding hydrogens is 514 g/mol. The standard InChI is InChI=1S/C34H37N3O4/c1-4-19-41-28-16-15-24(20-29(28)40-5-2)26-21-37-30(38)22-36(18-17-23-11-7-6-8-12-23)33(39)34(37,3)32-31(26)25-13-9-10-14-27(25)35-32/h6-16,20,26,35H,4-5,17-19,21-22H2,1-3H3/t26-,34+/m1/s1. The van der Waals surface area contributed by atoms with Crippen LogP contribution >= 0.6 is 0 Å². The molecule has 0 radical (unpaired) electrons. The molecule has 1 saturated heterocycles. The maximum absolute atomic E-state index is 14.3. The molecule has 2 aliphatic heterocycles. The maximum Gasteiger partial charge on any atom is 0.254 e. The summed E-state index contributed by atoms with van der Waals surface area (Å²) >= 11 is 0. The highest BCUT2D eigenvalue weighted by molar-refractivity contribution is 6.01. The summed E-state index contributed by atoms with van der Waals surface area (Å²) in [6.07, 6.45) is 1.60. The van der Waals surface area contributed by atoms with Crippen molar-refractivity contribution in [3.8, 4) is 11.5 Å². The number of nitrogens with zero attached hydrogens (tertiary/aromatic N) is 2.